The second-order valence-electron chi connectivity index (χ2n) is 20.0. The summed E-state index contributed by atoms with van der Waals surface area (Å²) in [7, 11) is 0. The number of aromatic nitrogens is 6. The summed E-state index contributed by atoms with van der Waals surface area (Å²) in [6, 6.07) is 25.6. The smallest absolute Gasteiger partial charge is 0.152 e. The molecule has 4 aliphatic rings. The van der Waals surface area contributed by atoms with Gasteiger partial charge in [0.15, 0.2) is 5.15 Å². The predicted octanol–water partition coefficient (Wildman–Crippen LogP) is 11.5. The van der Waals surface area contributed by atoms with E-state index in [0.717, 1.165) is 136 Å². The van der Waals surface area contributed by atoms with E-state index in [4.69, 9.17) is 41.0 Å². The molecule has 12 nitrogen and oxygen atoms in total. The van der Waals surface area contributed by atoms with E-state index in [-0.39, 0.29) is 22.5 Å². The number of anilines is 6. The molecule has 4 aliphatic heterocycles. The molecule has 2 saturated heterocycles. The Morgan fingerprint density at radius 2 is 1.04 bits per heavy atom. The molecule has 0 N–H and O–H groups in total. The van der Waals surface area contributed by atoms with Crippen molar-refractivity contribution in [2.75, 3.05) is 85.3 Å². The molecule has 0 aliphatic carbocycles. The third-order valence-corrected chi connectivity index (χ3v) is 14.4. The Balaban J connectivity index is 0.000000154. The van der Waals surface area contributed by atoms with Crippen LogP contribution in [0.15, 0.2) is 104 Å². The van der Waals surface area contributed by atoms with Crippen LogP contribution in [0.2, 0.25) is 5.15 Å². The number of fused-ring (bicyclic) bond motifs is 4. The molecule has 0 amide bonds. The number of hydrogen-bond acceptors (Lipinski definition) is 12. The van der Waals surface area contributed by atoms with Crippen LogP contribution in [0.5, 0.6) is 0 Å². The number of nitrogens with zero attached hydrogens (tertiary/aromatic N) is 10. The van der Waals surface area contributed by atoms with Gasteiger partial charge in [0.1, 0.15) is 11.6 Å². The maximum Gasteiger partial charge on any atom is 0.152 e. The number of pyridine rings is 6. The van der Waals surface area contributed by atoms with Gasteiger partial charge < -0.3 is 29.1 Å². The van der Waals surface area contributed by atoms with Crippen LogP contribution in [0, 0.1) is 25.5 Å². The van der Waals surface area contributed by atoms with Gasteiger partial charge in [-0.1, -0.05) is 51.4 Å². The van der Waals surface area contributed by atoms with Gasteiger partial charge in [-0.2, -0.15) is 0 Å². The lowest BCUT2D eigenvalue weighted by Crippen LogP contribution is -2.36. The molecule has 2 aromatic carbocycles. The van der Waals surface area contributed by atoms with E-state index < -0.39 is 0 Å². The van der Waals surface area contributed by atoms with E-state index in [2.05, 4.69) is 83.2 Å². The highest BCUT2D eigenvalue weighted by atomic mass is 35.5. The quantitative estimate of drug-likeness (QED) is 0.148. The van der Waals surface area contributed by atoms with Gasteiger partial charge in [0, 0.05) is 96.5 Å². The van der Waals surface area contributed by atoms with Gasteiger partial charge in [-0.05, 0) is 74.5 Å². The van der Waals surface area contributed by atoms with Gasteiger partial charge in [0.2, 0.25) is 0 Å². The van der Waals surface area contributed by atoms with Crippen LogP contribution < -0.4 is 19.6 Å². The molecule has 8 aromatic rings. The average Bonchev–Trinajstić information content (AvgIpc) is 3.80. The zero-order valence-electron chi connectivity index (χ0n) is 40.8. The van der Waals surface area contributed by atoms with Crippen LogP contribution >= 0.6 is 11.6 Å². The first-order chi connectivity index (χ1) is 34.3. The predicted molar refractivity (Wildman–Crippen MR) is 279 cm³/mol. The fourth-order valence-electron chi connectivity index (χ4n) is 10.7. The highest BCUT2D eigenvalue weighted by Gasteiger charge is 2.41. The highest BCUT2D eigenvalue weighted by Crippen LogP contribution is 2.51. The Hall–Kier alpha value is -6.87. The molecule has 12 rings (SSSR count). The number of rotatable bonds is 6. The Labute approximate surface area is 417 Å². The van der Waals surface area contributed by atoms with E-state index in [1.54, 1.807) is 12.4 Å². The average molecular weight is 974 g/mol. The fraction of sp³-hybridized carbons (Fsp3) is 0.321. The van der Waals surface area contributed by atoms with Gasteiger partial charge in [-0.3, -0.25) is 15.0 Å². The van der Waals surface area contributed by atoms with Crippen molar-refractivity contribution in [1.82, 2.24) is 29.9 Å². The van der Waals surface area contributed by atoms with Crippen molar-refractivity contribution in [3.8, 4) is 22.8 Å². The topological polar surface area (TPSA) is 109 Å². The van der Waals surface area contributed by atoms with Gasteiger partial charge in [-0.25, -0.2) is 23.7 Å². The third-order valence-electron chi connectivity index (χ3n) is 14.2. The molecule has 362 valence electrons. The summed E-state index contributed by atoms with van der Waals surface area (Å²) >= 11 is 6.74. The fourth-order valence-corrected chi connectivity index (χ4v) is 11.0. The summed E-state index contributed by atoms with van der Waals surface area (Å²) in [6.45, 7) is 20.4. The van der Waals surface area contributed by atoms with Crippen LogP contribution in [-0.2, 0) is 20.3 Å². The summed E-state index contributed by atoms with van der Waals surface area (Å²) < 4.78 is 39.7. The van der Waals surface area contributed by atoms with Crippen LogP contribution in [0.3, 0.4) is 0 Å². The molecule has 0 spiro atoms. The Kier molecular flexibility index (Phi) is 12.0. The molecule has 6 aromatic heterocycles. The zero-order chi connectivity index (χ0) is 49.2. The molecular weight excluding hydrogens is 918 g/mol. The summed E-state index contributed by atoms with van der Waals surface area (Å²) in [6.07, 6.45) is 5.50. The van der Waals surface area contributed by atoms with Crippen LogP contribution in [0.25, 0.3) is 44.6 Å². The molecule has 0 unspecified atom stereocenters. The first-order valence-electron chi connectivity index (χ1n) is 24.2. The maximum absolute atomic E-state index is 14.3. The first-order valence-corrected chi connectivity index (χ1v) is 24.6. The van der Waals surface area contributed by atoms with E-state index in [1.807, 2.05) is 54.7 Å². The molecular formula is C56H55ClF2N10O2. The zero-order valence-corrected chi connectivity index (χ0v) is 41.6. The molecule has 0 radical (unpaired) electrons. The summed E-state index contributed by atoms with van der Waals surface area (Å²) in [4.78, 5) is 37.9. The second-order valence-corrected chi connectivity index (χ2v) is 20.3. The molecule has 0 bridgehead atoms. The minimum absolute atomic E-state index is 0.147. The molecule has 0 atom stereocenters. The number of ether oxygens (including phenoxy) is 2. The lowest BCUT2D eigenvalue weighted by molar-refractivity contribution is 0.122. The SMILES string of the molecule is Cc1c(-c2ccccn2)nc2cc(F)ccc2c1N1CC(C)(C)c2nc(Cl)c(N3CCOCC3)cc21.Cc1c(-c2ccccn2)nc2cc(F)ccc2c1N1CC(C)(C)c2ncc(N3CCOCC3)cc21. The Morgan fingerprint density at radius 1 is 0.549 bits per heavy atom. The standard InChI is InChI=1S/C28H27ClFN5O.C28H28FN5O/c1-17-24(20-6-4-5-9-31-20)32-21-14-18(30)7-8-19(21)25(17)35-16-28(2,3)26-22(35)15-23(27(29)33-26)34-10-12-36-13-11-34;1-18-25(22-6-4-5-9-30-22)32-23-14-19(29)7-8-21(23)26(18)34-17-28(2,3)27-24(34)15-20(16-31-27)33-10-12-35-13-11-33/h4-9,14-15H,10-13,16H2,1-3H3;4-9,14-16H,10-13,17H2,1-3H3. The van der Waals surface area contributed by atoms with Crippen molar-refractivity contribution in [1.29, 1.82) is 0 Å². The highest BCUT2D eigenvalue weighted by molar-refractivity contribution is 6.32. The largest absolute Gasteiger partial charge is 0.378 e. The van der Waals surface area contributed by atoms with E-state index in [1.165, 1.54) is 24.3 Å². The molecule has 0 saturated carbocycles. The maximum atomic E-state index is 14.3. The normalized spacial score (nSPS) is 17.1. The van der Waals surface area contributed by atoms with Crippen molar-refractivity contribution >= 4 is 67.5 Å². The Bertz CT molecular complexity index is 3330. The van der Waals surface area contributed by atoms with Gasteiger partial charge >= 0.3 is 0 Å². The number of benzene rings is 2. The van der Waals surface area contributed by atoms with E-state index >= 15 is 0 Å². The second kappa shape index (κ2) is 18.4. The number of halogens is 3. The minimum Gasteiger partial charge on any atom is -0.378 e. The lowest BCUT2D eigenvalue weighted by atomic mass is 9.91. The van der Waals surface area contributed by atoms with Crippen molar-refractivity contribution in [3.63, 3.8) is 0 Å². The van der Waals surface area contributed by atoms with Crippen molar-refractivity contribution in [2.24, 2.45) is 0 Å². The van der Waals surface area contributed by atoms with Crippen molar-refractivity contribution in [2.45, 2.75) is 52.4 Å². The number of hydrogen-bond donors (Lipinski definition) is 0. The number of morpholine rings is 2. The van der Waals surface area contributed by atoms with Gasteiger partial charge in [0.05, 0.1) is 112 Å². The Morgan fingerprint density at radius 3 is 1.55 bits per heavy atom. The van der Waals surface area contributed by atoms with Crippen LogP contribution in [-0.4, -0.2) is 95.6 Å². The van der Waals surface area contributed by atoms with Gasteiger partial charge in [0.25, 0.3) is 0 Å². The van der Waals surface area contributed by atoms with Crippen LogP contribution in [0.4, 0.5) is 42.9 Å². The van der Waals surface area contributed by atoms with Crippen molar-refractivity contribution in [3.05, 3.63) is 143 Å². The summed E-state index contributed by atoms with van der Waals surface area (Å²) in [5, 5.41) is 2.32. The molecule has 15 heteroatoms. The summed E-state index contributed by atoms with van der Waals surface area (Å²) in [5.41, 5.74) is 14.0. The summed E-state index contributed by atoms with van der Waals surface area (Å²) in [5.74, 6) is -0.618. The molecule has 10 heterocycles. The van der Waals surface area contributed by atoms with Crippen molar-refractivity contribution < 1.29 is 18.3 Å². The van der Waals surface area contributed by atoms with Crippen LogP contribution in [0.1, 0.15) is 50.2 Å². The molecule has 2 fully saturated rings. The first kappa shape index (κ1) is 46.5. The monoisotopic (exact) mass is 972 g/mol. The van der Waals surface area contributed by atoms with E-state index in [0.29, 0.717) is 35.9 Å². The lowest BCUT2D eigenvalue weighted by Gasteiger charge is -2.30. The third kappa shape index (κ3) is 8.55. The van der Waals surface area contributed by atoms with Gasteiger partial charge in [-0.15, -0.1) is 0 Å². The molecule has 71 heavy (non-hydrogen) atoms. The minimum atomic E-state index is -0.318. The van der Waals surface area contributed by atoms with E-state index in [9.17, 15) is 8.78 Å².